The maximum atomic E-state index is 11.9. The van der Waals surface area contributed by atoms with Crippen LogP contribution < -0.4 is 0 Å². The van der Waals surface area contributed by atoms with E-state index < -0.39 is 5.41 Å². The van der Waals surface area contributed by atoms with E-state index in [0.717, 1.165) is 0 Å². The highest BCUT2D eigenvalue weighted by atomic mass is 16.3. The molecule has 0 aliphatic heterocycles. The number of hydrogen-bond donors (Lipinski definition) is 2. The van der Waals surface area contributed by atoms with Gasteiger partial charge in [-0.2, -0.15) is 0 Å². The van der Waals surface area contributed by atoms with Crippen LogP contribution in [-0.4, -0.2) is 47.3 Å². The SMILES string of the molecule is C=CCN(CC=C)C(=O)C(C)(CO)CO. The number of amides is 1. The molecular weight excluding hydrogens is 194 g/mol. The van der Waals surface area contributed by atoms with Gasteiger partial charge in [-0.1, -0.05) is 12.2 Å². The molecule has 0 aromatic heterocycles. The molecule has 0 atom stereocenters. The van der Waals surface area contributed by atoms with Crippen LogP contribution in [0.3, 0.4) is 0 Å². The molecule has 0 fully saturated rings. The molecule has 4 nitrogen and oxygen atoms in total. The Morgan fingerprint density at radius 3 is 1.93 bits per heavy atom. The largest absolute Gasteiger partial charge is 0.395 e. The van der Waals surface area contributed by atoms with Crippen molar-refractivity contribution in [2.45, 2.75) is 6.92 Å². The fraction of sp³-hybridized carbons (Fsp3) is 0.545. The molecule has 1 amide bonds. The maximum absolute atomic E-state index is 11.9. The minimum atomic E-state index is -1.13. The lowest BCUT2D eigenvalue weighted by Gasteiger charge is -2.30. The van der Waals surface area contributed by atoms with E-state index in [4.69, 9.17) is 10.2 Å². The summed E-state index contributed by atoms with van der Waals surface area (Å²) in [6.45, 7) is 8.60. The molecule has 2 N–H and O–H groups in total. The van der Waals surface area contributed by atoms with E-state index in [-0.39, 0.29) is 19.1 Å². The molecule has 0 unspecified atom stereocenters. The van der Waals surface area contributed by atoms with Crippen molar-refractivity contribution in [2.24, 2.45) is 5.41 Å². The monoisotopic (exact) mass is 213 g/mol. The molecule has 0 aromatic rings. The zero-order valence-corrected chi connectivity index (χ0v) is 9.15. The number of hydrogen-bond acceptors (Lipinski definition) is 3. The Kier molecular flexibility index (Phi) is 5.89. The predicted molar refractivity (Wildman–Crippen MR) is 59.3 cm³/mol. The summed E-state index contributed by atoms with van der Waals surface area (Å²) in [6, 6.07) is 0. The summed E-state index contributed by atoms with van der Waals surface area (Å²) in [5.41, 5.74) is -1.13. The van der Waals surface area contributed by atoms with E-state index in [2.05, 4.69) is 13.2 Å². The average molecular weight is 213 g/mol. The summed E-state index contributed by atoms with van der Waals surface area (Å²) >= 11 is 0. The van der Waals surface area contributed by atoms with E-state index >= 15 is 0 Å². The first-order valence-electron chi connectivity index (χ1n) is 4.78. The summed E-state index contributed by atoms with van der Waals surface area (Å²) in [4.78, 5) is 13.4. The van der Waals surface area contributed by atoms with Crippen molar-refractivity contribution in [1.82, 2.24) is 4.90 Å². The van der Waals surface area contributed by atoms with Gasteiger partial charge >= 0.3 is 0 Å². The van der Waals surface area contributed by atoms with E-state index in [1.54, 1.807) is 12.2 Å². The topological polar surface area (TPSA) is 60.8 Å². The molecule has 86 valence electrons. The molecule has 0 heterocycles. The van der Waals surface area contributed by atoms with Crippen LogP contribution in [0, 0.1) is 5.41 Å². The Morgan fingerprint density at radius 2 is 1.67 bits per heavy atom. The fourth-order valence-electron chi connectivity index (χ4n) is 1.12. The number of carbonyl (C=O) groups excluding carboxylic acids is 1. The number of carbonyl (C=O) groups is 1. The molecule has 0 saturated carbocycles. The van der Waals surface area contributed by atoms with Crippen LogP contribution >= 0.6 is 0 Å². The minimum absolute atomic E-state index is 0.299. The molecule has 0 rings (SSSR count). The van der Waals surface area contributed by atoms with E-state index in [1.165, 1.54) is 11.8 Å². The van der Waals surface area contributed by atoms with E-state index in [1.807, 2.05) is 0 Å². The molecule has 0 aliphatic carbocycles. The van der Waals surface area contributed by atoms with Gasteiger partial charge in [-0.25, -0.2) is 0 Å². The Morgan fingerprint density at radius 1 is 1.27 bits per heavy atom. The van der Waals surface area contributed by atoms with Gasteiger partial charge in [0, 0.05) is 13.1 Å². The van der Waals surface area contributed by atoms with Crippen LogP contribution in [0.15, 0.2) is 25.3 Å². The minimum Gasteiger partial charge on any atom is -0.395 e. The van der Waals surface area contributed by atoms with Crippen molar-refractivity contribution in [1.29, 1.82) is 0 Å². The highest BCUT2D eigenvalue weighted by molar-refractivity contribution is 5.83. The summed E-state index contributed by atoms with van der Waals surface area (Å²) in [5, 5.41) is 18.2. The zero-order chi connectivity index (χ0) is 11.9. The Balaban J connectivity index is 4.73. The molecule has 4 heteroatoms. The standard InChI is InChI=1S/C11H19NO3/c1-4-6-12(7-5-2)10(15)11(3,8-13)9-14/h4-5,13-14H,1-2,6-9H2,3H3. The van der Waals surface area contributed by atoms with Crippen LogP contribution in [0.25, 0.3) is 0 Å². The van der Waals surface area contributed by atoms with E-state index in [0.29, 0.717) is 13.1 Å². The second kappa shape index (κ2) is 6.37. The predicted octanol–water partition coefficient (Wildman–Crippen LogP) is 0.178. The summed E-state index contributed by atoms with van der Waals surface area (Å²) in [5.74, 6) is -0.299. The van der Waals surface area contributed by atoms with Gasteiger partial charge in [0.1, 0.15) is 0 Å². The van der Waals surface area contributed by atoms with Gasteiger partial charge in [0.2, 0.25) is 5.91 Å². The Labute approximate surface area is 90.5 Å². The molecule has 0 radical (unpaired) electrons. The molecule has 0 saturated heterocycles. The van der Waals surface area contributed by atoms with Gasteiger partial charge in [0.05, 0.1) is 18.6 Å². The van der Waals surface area contributed by atoms with Gasteiger partial charge in [0.15, 0.2) is 0 Å². The van der Waals surface area contributed by atoms with E-state index in [9.17, 15) is 4.79 Å². The van der Waals surface area contributed by atoms with Crippen LogP contribution in [-0.2, 0) is 4.79 Å². The molecule has 0 spiro atoms. The lowest BCUT2D eigenvalue weighted by atomic mass is 9.91. The lowest BCUT2D eigenvalue weighted by Crippen LogP contribution is -2.46. The van der Waals surface area contributed by atoms with Crippen molar-refractivity contribution in [3.63, 3.8) is 0 Å². The summed E-state index contributed by atoms with van der Waals surface area (Å²) in [6.07, 6.45) is 3.19. The number of aliphatic hydroxyl groups is 2. The molecule has 0 aliphatic rings. The second-order valence-corrected chi connectivity index (χ2v) is 3.66. The number of rotatable bonds is 7. The van der Waals surface area contributed by atoms with Gasteiger partial charge in [-0.15, -0.1) is 13.2 Å². The van der Waals surface area contributed by atoms with Gasteiger partial charge in [0.25, 0.3) is 0 Å². The first kappa shape index (κ1) is 13.9. The third kappa shape index (κ3) is 3.49. The average Bonchev–Trinajstić information content (AvgIpc) is 2.26. The lowest BCUT2D eigenvalue weighted by molar-refractivity contribution is -0.145. The van der Waals surface area contributed by atoms with Crippen molar-refractivity contribution in [2.75, 3.05) is 26.3 Å². The quantitative estimate of drug-likeness (QED) is 0.593. The van der Waals surface area contributed by atoms with Crippen molar-refractivity contribution in [3.8, 4) is 0 Å². The first-order chi connectivity index (χ1) is 7.05. The summed E-state index contributed by atoms with van der Waals surface area (Å²) in [7, 11) is 0. The maximum Gasteiger partial charge on any atom is 0.233 e. The Bertz CT molecular complexity index is 224. The van der Waals surface area contributed by atoms with Crippen molar-refractivity contribution in [3.05, 3.63) is 25.3 Å². The number of aliphatic hydroxyl groups excluding tert-OH is 2. The van der Waals surface area contributed by atoms with Gasteiger partial charge < -0.3 is 15.1 Å². The smallest absolute Gasteiger partial charge is 0.233 e. The van der Waals surface area contributed by atoms with Crippen molar-refractivity contribution < 1.29 is 15.0 Å². The zero-order valence-electron chi connectivity index (χ0n) is 9.15. The summed E-state index contributed by atoms with van der Waals surface area (Å²) < 4.78 is 0. The first-order valence-corrected chi connectivity index (χ1v) is 4.78. The highest BCUT2D eigenvalue weighted by Gasteiger charge is 2.34. The molecule has 0 aromatic carbocycles. The Hall–Kier alpha value is -1.13. The second-order valence-electron chi connectivity index (χ2n) is 3.66. The van der Waals surface area contributed by atoms with Crippen LogP contribution in [0.5, 0.6) is 0 Å². The van der Waals surface area contributed by atoms with Gasteiger partial charge in [-0.05, 0) is 6.92 Å². The number of nitrogens with zero attached hydrogens (tertiary/aromatic N) is 1. The molecule has 0 bridgehead atoms. The van der Waals surface area contributed by atoms with Crippen LogP contribution in [0.1, 0.15) is 6.92 Å². The normalized spacial score (nSPS) is 10.9. The highest BCUT2D eigenvalue weighted by Crippen LogP contribution is 2.18. The van der Waals surface area contributed by atoms with Gasteiger partial charge in [-0.3, -0.25) is 4.79 Å². The fourth-order valence-corrected chi connectivity index (χ4v) is 1.12. The van der Waals surface area contributed by atoms with Crippen molar-refractivity contribution >= 4 is 5.91 Å². The molecular formula is C11H19NO3. The third-order valence-electron chi connectivity index (χ3n) is 2.20. The van der Waals surface area contributed by atoms with Crippen LogP contribution in [0.4, 0.5) is 0 Å². The third-order valence-corrected chi connectivity index (χ3v) is 2.20. The molecule has 15 heavy (non-hydrogen) atoms. The van der Waals surface area contributed by atoms with Crippen LogP contribution in [0.2, 0.25) is 0 Å².